The molecule has 2 aromatic rings. The first-order valence-corrected chi connectivity index (χ1v) is 7.04. The Labute approximate surface area is 130 Å². The molecule has 110 valence electrons. The lowest BCUT2D eigenvalue weighted by Crippen LogP contribution is -2.20. The van der Waals surface area contributed by atoms with Gasteiger partial charge in [-0.3, -0.25) is 4.79 Å². The van der Waals surface area contributed by atoms with Crippen LogP contribution in [-0.2, 0) is 11.3 Å². The van der Waals surface area contributed by atoms with Crippen LogP contribution in [0.3, 0.4) is 0 Å². The molecule has 0 aliphatic rings. The van der Waals surface area contributed by atoms with Gasteiger partial charge in [0.1, 0.15) is 11.6 Å². The number of ether oxygens (including phenoxy) is 1. The zero-order valence-corrected chi connectivity index (χ0v) is 12.7. The number of carbonyl (C=O) groups excluding carboxylic acids is 1. The Morgan fingerprint density at radius 3 is 2.76 bits per heavy atom. The minimum atomic E-state index is -0.408. The zero-order chi connectivity index (χ0) is 15.2. The summed E-state index contributed by atoms with van der Waals surface area (Å²) in [4.78, 5) is 11.7. The summed E-state index contributed by atoms with van der Waals surface area (Å²) >= 11 is 3.35. The summed E-state index contributed by atoms with van der Waals surface area (Å²) in [5.74, 6) is -0.231. The topological polar surface area (TPSA) is 64.3 Å². The van der Waals surface area contributed by atoms with Crippen molar-refractivity contribution in [1.29, 1.82) is 0 Å². The molecule has 21 heavy (non-hydrogen) atoms. The van der Waals surface area contributed by atoms with Crippen LogP contribution in [-0.4, -0.2) is 12.5 Å². The highest BCUT2D eigenvalue weighted by atomic mass is 79.9. The van der Waals surface area contributed by atoms with Crippen molar-refractivity contribution in [2.45, 2.75) is 6.54 Å². The van der Waals surface area contributed by atoms with E-state index in [0.29, 0.717) is 18.0 Å². The molecule has 0 saturated carbocycles. The highest BCUT2D eigenvalue weighted by Crippen LogP contribution is 2.25. The molecule has 0 unspecified atom stereocenters. The third-order valence-electron chi connectivity index (χ3n) is 2.70. The minimum Gasteiger partial charge on any atom is -0.483 e. The fraction of sp³-hybridized carbons (Fsp3) is 0.133. The van der Waals surface area contributed by atoms with E-state index in [1.54, 1.807) is 12.1 Å². The molecule has 3 N–H and O–H groups in total. The number of rotatable bonds is 5. The van der Waals surface area contributed by atoms with Gasteiger partial charge in [-0.25, -0.2) is 4.39 Å². The first-order valence-electron chi connectivity index (χ1n) is 6.25. The normalized spacial score (nSPS) is 10.2. The Hall–Kier alpha value is -1.92. The molecule has 0 radical (unpaired) electrons. The number of carbonyl (C=O) groups is 1. The van der Waals surface area contributed by atoms with Gasteiger partial charge in [-0.05, 0) is 51.8 Å². The Kier molecular flexibility index (Phi) is 5.30. The predicted octanol–water partition coefficient (Wildman–Crippen LogP) is 3.06. The molecule has 0 bridgehead atoms. The molecular formula is C15H14BrFN2O2. The van der Waals surface area contributed by atoms with Crippen LogP contribution < -0.4 is 15.8 Å². The van der Waals surface area contributed by atoms with Gasteiger partial charge in [0.05, 0.1) is 4.47 Å². The van der Waals surface area contributed by atoms with E-state index in [1.807, 2.05) is 12.1 Å². The molecule has 2 aromatic carbocycles. The van der Waals surface area contributed by atoms with E-state index in [1.165, 1.54) is 18.2 Å². The van der Waals surface area contributed by atoms with Crippen molar-refractivity contribution >= 4 is 27.5 Å². The fourth-order valence-corrected chi connectivity index (χ4v) is 2.24. The lowest BCUT2D eigenvalue weighted by atomic mass is 10.2. The highest BCUT2D eigenvalue weighted by molar-refractivity contribution is 9.10. The van der Waals surface area contributed by atoms with E-state index in [0.717, 1.165) is 10.0 Å². The number of nitrogens with two attached hydrogens (primary N) is 1. The third-order valence-corrected chi connectivity index (χ3v) is 3.32. The maximum Gasteiger partial charge on any atom is 0.262 e. The van der Waals surface area contributed by atoms with Crippen LogP contribution in [0.15, 0.2) is 46.9 Å². The smallest absolute Gasteiger partial charge is 0.262 e. The van der Waals surface area contributed by atoms with E-state index in [9.17, 15) is 9.18 Å². The Morgan fingerprint density at radius 2 is 2.10 bits per heavy atom. The second kappa shape index (κ2) is 7.19. The van der Waals surface area contributed by atoms with Crippen LogP contribution in [0.1, 0.15) is 5.56 Å². The molecule has 4 nitrogen and oxygen atoms in total. The van der Waals surface area contributed by atoms with Crippen molar-refractivity contribution in [3.63, 3.8) is 0 Å². The van der Waals surface area contributed by atoms with Crippen molar-refractivity contribution in [2.24, 2.45) is 5.73 Å². The molecule has 0 saturated heterocycles. The lowest BCUT2D eigenvalue weighted by Gasteiger charge is -2.10. The Morgan fingerprint density at radius 1 is 1.29 bits per heavy atom. The summed E-state index contributed by atoms with van der Waals surface area (Å²) in [5, 5.41) is 2.56. The predicted molar refractivity (Wildman–Crippen MR) is 82.6 cm³/mol. The number of halogens is 2. The SMILES string of the molecule is NCc1ccc(OCC(=O)Nc2cccc(F)c2)c(Br)c1. The van der Waals surface area contributed by atoms with Crippen LogP contribution in [0.4, 0.5) is 10.1 Å². The van der Waals surface area contributed by atoms with Gasteiger partial charge >= 0.3 is 0 Å². The summed E-state index contributed by atoms with van der Waals surface area (Å²) in [6, 6.07) is 11.1. The number of amides is 1. The molecule has 0 aromatic heterocycles. The number of anilines is 1. The lowest BCUT2D eigenvalue weighted by molar-refractivity contribution is -0.118. The monoisotopic (exact) mass is 352 g/mol. The van der Waals surface area contributed by atoms with Crippen molar-refractivity contribution in [3.8, 4) is 5.75 Å². The average molecular weight is 353 g/mol. The van der Waals surface area contributed by atoms with Gasteiger partial charge in [-0.15, -0.1) is 0 Å². The van der Waals surface area contributed by atoms with E-state index < -0.39 is 5.82 Å². The van der Waals surface area contributed by atoms with E-state index in [4.69, 9.17) is 10.5 Å². The second-order valence-corrected chi connectivity index (χ2v) is 5.17. The molecule has 0 aliphatic heterocycles. The maximum atomic E-state index is 13.0. The summed E-state index contributed by atoms with van der Waals surface area (Å²) < 4.78 is 19.1. The van der Waals surface area contributed by atoms with Gasteiger partial charge in [-0.2, -0.15) is 0 Å². The van der Waals surface area contributed by atoms with Gasteiger partial charge in [0.2, 0.25) is 0 Å². The molecular weight excluding hydrogens is 339 g/mol. The fourth-order valence-electron chi connectivity index (χ4n) is 1.69. The number of benzene rings is 2. The summed E-state index contributed by atoms with van der Waals surface area (Å²) in [5.41, 5.74) is 6.88. The number of nitrogens with one attached hydrogen (secondary N) is 1. The average Bonchev–Trinajstić information content (AvgIpc) is 2.46. The molecule has 0 heterocycles. The van der Waals surface area contributed by atoms with Crippen molar-refractivity contribution < 1.29 is 13.9 Å². The van der Waals surface area contributed by atoms with Crippen molar-refractivity contribution in [1.82, 2.24) is 0 Å². The molecule has 0 atom stereocenters. The van der Waals surface area contributed by atoms with Gasteiger partial charge in [-0.1, -0.05) is 12.1 Å². The highest BCUT2D eigenvalue weighted by Gasteiger charge is 2.07. The molecule has 0 aliphatic carbocycles. The van der Waals surface area contributed by atoms with E-state index >= 15 is 0 Å². The van der Waals surface area contributed by atoms with E-state index in [-0.39, 0.29) is 12.5 Å². The first-order chi connectivity index (χ1) is 10.1. The van der Waals surface area contributed by atoms with Gasteiger partial charge in [0, 0.05) is 12.2 Å². The molecule has 0 spiro atoms. The Bertz CT molecular complexity index is 649. The van der Waals surface area contributed by atoms with Gasteiger partial charge in [0.15, 0.2) is 6.61 Å². The molecule has 2 rings (SSSR count). The van der Waals surface area contributed by atoms with Crippen LogP contribution in [0.25, 0.3) is 0 Å². The Balaban J connectivity index is 1.92. The summed E-state index contributed by atoms with van der Waals surface area (Å²) in [6.07, 6.45) is 0. The quantitative estimate of drug-likeness (QED) is 0.868. The van der Waals surface area contributed by atoms with Crippen LogP contribution in [0, 0.1) is 5.82 Å². The number of hydrogen-bond acceptors (Lipinski definition) is 3. The summed E-state index contributed by atoms with van der Waals surface area (Å²) in [7, 11) is 0. The van der Waals surface area contributed by atoms with E-state index in [2.05, 4.69) is 21.2 Å². The molecule has 1 amide bonds. The van der Waals surface area contributed by atoms with Gasteiger partial charge in [0.25, 0.3) is 5.91 Å². The second-order valence-electron chi connectivity index (χ2n) is 4.32. The number of hydrogen-bond donors (Lipinski definition) is 2. The van der Waals surface area contributed by atoms with Crippen LogP contribution >= 0.6 is 15.9 Å². The largest absolute Gasteiger partial charge is 0.483 e. The van der Waals surface area contributed by atoms with Gasteiger partial charge < -0.3 is 15.8 Å². The van der Waals surface area contributed by atoms with Crippen LogP contribution in [0.5, 0.6) is 5.75 Å². The maximum absolute atomic E-state index is 13.0. The van der Waals surface area contributed by atoms with Crippen molar-refractivity contribution in [3.05, 3.63) is 58.3 Å². The standard InChI is InChI=1S/C15H14BrFN2O2/c16-13-6-10(8-18)4-5-14(13)21-9-15(20)19-12-3-1-2-11(17)7-12/h1-7H,8-9,18H2,(H,19,20). The summed E-state index contributed by atoms with van der Waals surface area (Å²) in [6.45, 7) is 0.260. The minimum absolute atomic E-state index is 0.170. The van der Waals surface area contributed by atoms with Crippen molar-refractivity contribution in [2.75, 3.05) is 11.9 Å². The molecule has 0 fully saturated rings. The third kappa shape index (κ3) is 4.54. The first kappa shape index (κ1) is 15.5. The van der Waals surface area contributed by atoms with Crippen LogP contribution in [0.2, 0.25) is 0 Å². The molecule has 6 heteroatoms. The zero-order valence-electron chi connectivity index (χ0n) is 11.1.